The van der Waals surface area contributed by atoms with Gasteiger partial charge in [0.15, 0.2) is 0 Å². The van der Waals surface area contributed by atoms with Crippen molar-refractivity contribution in [3.05, 3.63) is 35.4 Å². The summed E-state index contributed by atoms with van der Waals surface area (Å²) in [6.45, 7) is 2.45. The number of terminal acetylenes is 1. The smallest absolute Gasteiger partial charge is 0.253 e. The predicted octanol–water partition coefficient (Wildman–Crippen LogP) is 2.06. The summed E-state index contributed by atoms with van der Waals surface area (Å²) in [7, 11) is 0. The third-order valence-corrected chi connectivity index (χ3v) is 3.68. The number of piperidine rings is 1. The van der Waals surface area contributed by atoms with Gasteiger partial charge in [0.05, 0.1) is 18.2 Å². The Labute approximate surface area is 125 Å². The number of rotatable bonds is 4. The van der Waals surface area contributed by atoms with Crippen molar-refractivity contribution in [2.75, 3.05) is 26.3 Å². The Hall–Kier alpha value is -2.30. The van der Waals surface area contributed by atoms with Crippen LogP contribution in [0.15, 0.2) is 24.3 Å². The lowest BCUT2D eigenvalue weighted by Crippen LogP contribution is -2.39. The minimum atomic E-state index is -0.00454. The normalized spacial score (nSPS) is 15.2. The van der Waals surface area contributed by atoms with Gasteiger partial charge in [-0.15, -0.1) is 6.42 Å². The number of hydrogen-bond acceptors (Lipinski definition) is 3. The van der Waals surface area contributed by atoms with E-state index < -0.39 is 0 Å². The highest BCUT2D eigenvalue weighted by molar-refractivity contribution is 5.94. The van der Waals surface area contributed by atoms with E-state index in [1.165, 1.54) is 0 Å². The largest absolute Gasteiger partial charge is 0.369 e. The third kappa shape index (κ3) is 4.08. The molecule has 21 heavy (non-hydrogen) atoms. The number of benzene rings is 1. The zero-order chi connectivity index (χ0) is 15.1. The Kier molecular flexibility index (Phi) is 5.37. The molecule has 0 bridgehead atoms. The summed E-state index contributed by atoms with van der Waals surface area (Å²) in [5.74, 6) is 2.91. The molecule has 1 saturated heterocycles. The van der Waals surface area contributed by atoms with E-state index >= 15 is 0 Å². The summed E-state index contributed by atoms with van der Waals surface area (Å²) in [6.07, 6.45) is 6.99. The first-order chi connectivity index (χ1) is 10.2. The number of likely N-dealkylation sites (tertiary alicyclic amines) is 1. The molecule has 4 nitrogen and oxygen atoms in total. The fourth-order valence-electron chi connectivity index (χ4n) is 2.49. The molecule has 2 rings (SSSR count). The number of hydrogen-bond donors (Lipinski definition) is 0. The highest BCUT2D eigenvalue weighted by atomic mass is 16.5. The van der Waals surface area contributed by atoms with Crippen LogP contribution in [0.1, 0.15) is 28.8 Å². The maximum absolute atomic E-state index is 12.4. The van der Waals surface area contributed by atoms with Crippen LogP contribution in [0, 0.1) is 29.6 Å². The van der Waals surface area contributed by atoms with E-state index in [9.17, 15) is 4.79 Å². The number of nitriles is 1. The van der Waals surface area contributed by atoms with Crippen molar-refractivity contribution in [2.24, 2.45) is 5.92 Å². The Morgan fingerprint density at radius 2 is 2.19 bits per heavy atom. The molecule has 0 aliphatic carbocycles. The average Bonchev–Trinajstić information content (AvgIpc) is 2.55. The van der Waals surface area contributed by atoms with Crippen LogP contribution in [-0.2, 0) is 4.74 Å². The fraction of sp³-hybridized carbons (Fsp3) is 0.412. The van der Waals surface area contributed by atoms with Crippen LogP contribution in [0.25, 0.3) is 0 Å². The van der Waals surface area contributed by atoms with Gasteiger partial charge in [0, 0.05) is 18.7 Å². The minimum Gasteiger partial charge on any atom is -0.369 e. The van der Waals surface area contributed by atoms with Crippen molar-refractivity contribution in [3.63, 3.8) is 0 Å². The molecule has 1 aliphatic heterocycles. The first-order valence-electron chi connectivity index (χ1n) is 7.05. The molecule has 0 saturated carbocycles. The standard InChI is InChI=1S/C17H18N2O2/c1-2-10-21-13-14-6-8-19(9-7-14)17(20)16-5-3-4-15(11-16)12-18/h1,3-5,11,14H,6-10,13H2. The zero-order valence-electron chi connectivity index (χ0n) is 11.9. The van der Waals surface area contributed by atoms with Gasteiger partial charge in [0.2, 0.25) is 0 Å². The molecule has 1 amide bonds. The number of carbonyl (C=O) groups excluding carboxylic acids is 1. The van der Waals surface area contributed by atoms with E-state index in [0.29, 0.717) is 30.3 Å². The van der Waals surface area contributed by atoms with Crippen molar-refractivity contribution >= 4 is 5.91 Å². The minimum absolute atomic E-state index is 0.00454. The summed E-state index contributed by atoms with van der Waals surface area (Å²) in [5, 5.41) is 8.89. The Balaban J connectivity index is 1.88. The molecule has 0 atom stereocenters. The summed E-state index contributed by atoms with van der Waals surface area (Å²) in [5.41, 5.74) is 1.09. The third-order valence-electron chi connectivity index (χ3n) is 3.68. The predicted molar refractivity (Wildman–Crippen MR) is 79.4 cm³/mol. The van der Waals surface area contributed by atoms with E-state index in [1.807, 2.05) is 4.90 Å². The van der Waals surface area contributed by atoms with Crippen LogP contribution in [0.2, 0.25) is 0 Å². The van der Waals surface area contributed by atoms with Crippen LogP contribution in [0.4, 0.5) is 0 Å². The zero-order valence-corrected chi connectivity index (χ0v) is 11.9. The van der Waals surface area contributed by atoms with Gasteiger partial charge in [-0.2, -0.15) is 5.26 Å². The number of carbonyl (C=O) groups is 1. The lowest BCUT2D eigenvalue weighted by atomic mass is 9.97. The summed E-state index contributed by atoms with van der Waals surface area (Å²) in [6, 6.07) is 8.90. The van der Waals surface area contributed by atoms with Gasteiger partial charge in [-0.25, -0.2) is 0 Å². The van der Waals surface area contributed by atoms with Crippen molar-refractivity contribution in [1.82, 2.24) is 4.90 Å². The van der Waals surface area contributed by atoms with Crippen molar-refractivity contribution < 1.29 is 9.53 Å². The second-order valence-corrected chi connectivity index (χ2v) is 5.15. The second kappa shape index (κ2) is 7.47. The van der Waals surface area contributed by atoms with E-state index in [1.54, 1.807) is 24.3 Å². The number of amides is 1. The van der Waals surface area contributed by atoms with Gasteiger partial charge in [-0.05, 0) is 37.0 Å². The molecule has 0 unspecified atom stereocenters. The van der Waals surface area contributed by atoms with Crippen molar-refractivity contribution in [3.8, 4) is 18.4 Å². The summed E-state index contributed by atoms with van der Waals surface area (Å²) < 4.78 is 5.36. The van der Waals surface area contributed by atoms with Crippen LogP contribution in [0.5, 0.6) is 0 Å². The molecular formula is C17H18N2O2. The van der Waals surface area contributed by atoms with Gasteiger partial charge in [-0.3, -0.25) is 4.79 Å². The number of ether oxygens (including phenoxy) is 1. The molecule has 1 aromatic carbocycles. The van der Waals surface area contributed by atoms with E-state index in [4.69, 9.17) is 16.4 Å². The molecule has 0 aromatic heterocycles. The van der Waals surface area contributed by atoms with Gasteiger partial charge >= 0.3 is 0 Å². The van der Waals surface area contributed by atoms with Crippen LogP contribution < -0.4 is 0 Å². The highest BCUT2D eigenvalue weighted by Gasteiger charge is 2.23. The highest BCUT2D eigenvalue weighted by Crippen LogP contribution is 2.19. The lowest BCUT2D eigenvalue weighted by molar-refractivity contribution is 0.0582. The van der Waals surface area contributed by atoms with Crippen molar-refractivity contribution in [2.45, 2.75) is 12.8 Å². The molecular weight excluding hydrogens is 264 g/mol. The lowest BCUT2D eigenvalue weighted by Gasteiger charge is -2.31. The molecule has 4 heteroatoms. The van der Waals surface area contributed by atoms with Gasteiger partial charge in [0.1, 0.15) is 6.61 Å². The molecule has 1 fully saturated rings. The summed E-state index contributed by atoms with van der Waals surface area (Å²) in [4.78, 5) is 14.2. The second-order valence-electron chi connectivity index (χ2n) is 5.15. The molecule has 1 aromatic rings. The SMILES string of the molecule is C#CCOCC1CCN(C(=O)c2cccc(C#N)c2)CC1. The van der Waals surface area contributed by atoms with E-state index in [0.717, 1.165) is 25.9 Å². The molecule has 108 valence electrons. The van der Waals surface area contributed by atoms with Gasteiger partial charge < -0.3 is 9.64 Å². The first-order valence-corrected chi connectivity index (χ1v) is 7.05. The quantitative estimate of drug-likeness (QED) is 0.627. The topological polar surface area (TPSA) is 53.3 Å². The Morgan fingerprint density at radius 3 is 2.86 bits per heavy atom. The first kappa shape index (κ1) is 15.1. The summed E-state index contributed by atoms with van der Waals surface area (Å²) >= 11 is 0. The van der Waals surface area contributed by atoms with Crippen molar-refractivity contribution in [1.29, 1.82) is 5.26 Å². The maximum atomic E-state index is 12.4. The van der Waals surface area contributed by atoms with Crippen LogP contribution >= 0.6 is 0 Å². The average molecular weight is 282 g/mol. The van der Waals surface area contributed by atoms with Crippen LogP contribution in [-0.4, -0.2) is 37.1 Å². The maximum Gasteiger partial charge on any atom is 0.253 e. The molecule has 0 radical (unpaired) electrons. The molecule has 1 aliphatic rings. The Morgan fingerprint density at radius 1 is 1.43 bits per heavy atom. The van der Waals surface area contributed by atoms with Gasteiger partial charge in [-0.1, -0.05) is 12.0 Å². The van der Waals surface area contributed by atoms with E-state index in [-0.39, 0.29) is 5.91 Å². The Bertz CT molecular complexity index is 575. The fourth-order valence-corrected chi connectivity index (χ4v) is 2.49. The van der Waals surface area contributed by atoms with E-state index in [2.05, 4.69) is 12.0 Å². The molecule has 0 N–H and O–H groups in total. The number of nitrogens with zero attached hydrogens (tertiary/aromatic N) is 2. The monoisotopic (exact) mass is 282 g/mol. The van der Waals surface area contributed by atoms with Crippen LogP contribution in [0.3, 0.4) is 0 Å². The molecule has 0 spiro atoms. The van der Waals surface area contributed by atoms with Gasteiger partial charge in [0.25, 0.3) is 5.91 Å². The molecule has 1 heterocycles.